The number of rotatable bonds is 4. The van der Waals surface area contributed by atoms with Crippen LogP contribution >= 0.6 is 23.2 Å². The van der Waals surface area contributed by atoms with Gasteiger partial charge in [0, 0.05) is 7.05 Å². The standard InChI is InChI=1S/C19H19Cl2N3O3/c1-11-7-8-12(20)18(17(11)21)23-16(25)10-24-9-15(19(26)22-2)27-14-6-4-3-5-13(14)24/h3-8,15H,9-10H2,1-2H3,(H,22,26)(H,23,25)/t15-/m0/s1. The average Bonchev–Trinajstić information content (AvgIpc) is 2.67. The van der Waals surface area contributed by atoms with Crippen molar-refractivity contribution in [3.8, 4) is 5.75 Å². The fourth-order valence-corrected chi connectivity index (χ4v) is 3.34. The lowest BCUT2D eigenvalue weighted by molar-refractivity contribution is -0.127. The number of ether oxygens (including phenoxy) is 1. The highest BCUT2D eigenvalue weighted by Crippen LogP contribution is 2.34. The number of hydrogen-bond acceptors (Lipinski definition) is 4. The Balaban J connectivity index is 1.81. The van der Waals surface area contributed by atoms with E-state index in [4.69, 9.17) is 27.9 Å². The molecule has 1 heterocycles. The summed E-state index contributed by atoms with van der Waals surface area (Å²) in [7, 11) is 1.55. The SMILES string of the molecule is CNC(=O)[C@@H]1CN(CC(=O)Nc2c(Cl)ccc(C)c2Cl)c2ccccc2O1. The van der Waals surface area contributed by atoms with E-state index >= 15 is 0 Å². The van der Waals surface area contributed by atoms with Crippen LogP contribution in [0.3, 0.4) is 0 Å². The van der Waals surface area contributed by atoms with Gasteiger partial charge in [-0.25, -0.2) is 0 Å². The summed E-state index contributed by atoms with van der Waals surface area (Å²) in [5.74, 6) is 0.00761. The van der Waals surface area contributed by atoms with Gasteiger partial charge in [0.25, 0.3) is 5.91 Å². The molecule has 0 unspecified atom stereocenters. The number of halogens is 2. The number of amides is 2. The first kappa shape index (κ1) is 19.3. The molecule has 1 aliphatic rings. The van der Waals surface area contributed by atoms with Crippen LogP contribution in [-0.2, 0) is 9.59 Å². The minimum absolute atomic E-state index is 0.0223. The van der Waals surface area contributed by atoms with E-state index in [1.54, 1.807) is 30.1 Å². The second-order valence-electron chi connectivity index (χ2n) is 6.17. The molecule has 6 nitrogen and oxygen atoms in total. The van der Waals surface area contributed by atoms with E-state index in [2.05, 4.69) is 10.6 Å². The second kappa shape index (κ2) is 8.06. The number of carbonyl (C=O) groups excluding carboxylic acids is 2. The van der Waals surface area contributed by atoms with Crippen molar-refractivity contribution in [3.63, 3.8) is 0 Å². The number of aryl methyl sites for hydroxylation is 1. The van der Waals surface area contributed by atoms with Crippen LogP contribution in [0.2, 0.25) is 10.0 Å². The maximum Gasteiger partial charge on any atom is 0.262 e. The zero-order chi connectivity index (χ0) is 19.6. The van der Waals surface area contributed by atoms with Crippen molar-refractivity contribution in [2.75, 3.05) is 30.4 Å². The van der Waals surface area contributed by atoms with Crippen LogP contribution in [0.4, 0.5) is 11.4 Å². The molecule has 2 N–H and O–H groups in total. The molecule has 27 heavy (non-hydrogen) atoms. The number of fused-ring (bicyclic) bond motifs is 1. The second-order valence-corrected chi connectivity index (χ2v) is 6.96. The number of benzene rings is 2. The summed E-state index contributed by atoms with van der Waals surface area (Å²) in [6, 6.07) is 10.7. The Bertz CT molecular complexity index is 888. The Morgan fingerprint density at radius 2 is 1.96 bits per heavy atom. The van der Waals surface area contributed by atoms with E-state index in [0.29, 0.717) is 21.5 Å². The van der Waals surface area contributed by atoms with Crippen LogP contribution in [-0.4, -0.2) is 38.1 Å². The molecule has 1 atom stereocenters. The van der Waals surface area contributed by atoms with Crippen molar-refractivity contribution in [3.05, 3.63) is 52.0 Å². The first-order chi connectivity index (χ1) is 12.9. The van der Waals surface area contributed by atoms with Crippen molar-refractivity contribution in [2.45, 2.75) is 13.0 Å². The monoisotopic (exact) mass is 407 g/mol. The minimum atomic E-state index is -0.705. The van der Waals surface area contributed by atoms with Crippen molar-refractivity contribution in [1.29, 1.82) is 0 Å². The predicted molar refractivity (Wildman–Crippen MR) is 107 cm³/mol. The maximum atomic E-state index is 12.6. The van der Waals surface area contributed by atoms with E-state index < -0.39 is 6.10 Å². The molecule has 2 aromatic rings. The summed E-state index contributed by atoms with van der Waals surface area (Å²) in [6.45, 7) is 2.11. The van der Waals surface area contributed by atoms with E-state index in [9.17, 15) is 9.59 Å². The van der Waals surface area contributed by atoms with Crippen LogP contribution in [0.25, 0.3) is 0 Å². The molecular formula is C19H19Cl2N3O3. The van der Waals surface area contributed by atoms with Crippen molar-refractivity contribution in [2.24, 2.45) is 0 Å². The third kappa shape index (κ3) is 4.12. The number of likely N-dealkylation sites (N-methyl/N-ethyl adjacent to an activating group) is 1. The molecule has 0 saturated heterocycles. The third-order valence-corrected chi connectivity index (χ3v) is 5.09. The van der Waals surface area contributed by atoms with Crippen molar-refractivity contribution < 1.29 is 14.3 Å². The smallest absolute Gasteiger partial charge is 0.262 e. The Kier molecular flexibility index (Phi) is 5.77. The summed E-state index contributed by atoms with van der Waals surface area (Å²) >= 11 is 12.4. The lowest BCUT2D eigenvalue weighted by Gasteiger charge is -2.35. The quantitative estimate of drug-likeness (QED) is 0.815. The Hall–Kier alpha value is -2.44. The van der Waals surface area contributed by atoms with E-state index in [1.807, 2.05) is 25.1 Å². The molecular weight excluding hydrogens is 389 g/mol. The molecule has 2 amide bonds. The molecule has 0 fully saturated rings. The van der Waals surface area contributed by atoms with Gasteiger partial charge in [0.15, 0.2) is 6.10 Å². The summed E-state index contributed by atoms with van der Waals surface area (Å²) in [5.41, 5.74) is 1.94. The number of nitrogens with zero attached hydrogens (tertiary/aromatic N) is 1. The number of anilines is 2. The highest BCUT2D eigenvalue weighted by atomic mass is 35.5. The molecule has 0 spiro atoms. The minimum Gasteiger partial charge on any atom is -0.477 e. The third-order valence-electron chi connectivity index (χ3n) is 4.28. The van der Waals surface area contributed by atoms with Crippen LogP contribution in [0.1, 0.15) is 5.56 Å². The molecule has 0 radical (unpaired) electrons. The molecule has 8 heteroatoms. The van der Waals surface area contributed by atoms with E-state index in [0.717, 1.165) is 11.3 Å². The molecule has 3 rings (SSSR count). The van der Waals surface area contributed by atoms with Crippen LogP contribution in [0.5, 0.6) is 5.75 Å². The maximum absolute atomic E-state index is 12.6. The van der Waals surface area contributed by atoms with Gasteiger partial charge in [-0.05, 0) is 30.7 Å². The van der Waals surface area contributed by atoms with Gasteiger partial charge in [-0.3, -0.25) is 9.59 Å². The average molecular weight is 408 g/mol. The highest BCUT2D eigenvalue weighted by Gasteiger charge is 2.31. The topological polar surface area (TPSA) is 70.7 Å². The fraction of sp³-hybridized carbons (Fsp3) is 0.263. The number of hydrogen-bond donors (Lipinski definition) is 2. The van der Waals surface area contributed by atoms with Gasteiger partial charge in [0.1, 0.15) is 5.75 Å². The first-order valence-corrected chi connectivity index (χ1v) is 9.13. The van der Waals surface area contributed by atoms with Crippen LogP contribution < -0.4 is 20.3 Å². The van der Waals surface area contributed by atoms with Gasteiger partial charge in [-0.2, -0.15) is 0 Å². The molecule has 0 saturated carbocycles. The number of para-hydroxylation sites is 2. The predicted octanol–water partition coefficient (Wildman–Crippen LogP) is 3.25. The van der Waals surface area contributed by atoms with Crippen molar-refractivity contribution >= 4 is 46.4 Å². The molecule has 142 valence electrons. The fourth-order valence-electron chi connectivity index (χ4n) is 2.88. The Labute approximate surface area is 167 Å². The van der Waals surface area contributed by atoms with Gasteiger partial charge in [0.05, 0.1) is 34.5 Å². The Morgan fingerprint density at radius 1 is 1.22 bits per heavy atom. The summed E-state index contributed by atoms with van der Waals surface area (Å²) in [4.78, 5) is 26.5. The zero-order valence-corrected chi connectivity index (χ0v) is 16.4. The van der Waals surface area contributed by atoms with Crippen LogP contribution in [0.15, 0.2) is 36.4 Å². The van der Waals surface area contributed by atoms with Gasteiger partial charge in [-0.15, -0.1) is 0 Å². The highest BCUT2D eigenvalue weighted by molar-refractivity contribution is 6.40. The lowest BCUT2D eigenvalue weighted by atomic mass is 10.1. The molecule has 2 aromatic carbocycles. The largest absolute Gasteiger partial charge is 0.477 e. The normalized spacial score (nSPS) is 15.6. The van der Waals surface area contributed by atoms with E-state index in [-0.39, 0.29) is 24.9 Å². The lowest BCUT2D eigenvalue weighted by Crippen LogP contribution is -2.50. The molecule has 0 aromatic heterocycles. The van der Waals surface area contributed by atoms with Crippen molar-refractivity contribution in [1.82, 2.24) is 5.32 Å². The molecule has 0 aliphatic carbocycles. The van der Waals surface area contributed by atoms with E-state index in [1.165, 1.54) is 0 Å². The summed E-state index contributed by atoms with van der Waals surface area (Å²) < 4.78 is 5.74. The summed E-state index contributed by atoms with van der Waals surface area (Å²) in [5, 5.41) is 6.11. The molecule has 0 bridgehead atoms. The van der Waals surface area contributed by atoms with Gasteiger partial charge in [-0.1, -0.05) is 41.4 Å². The zero-order valence-electron chi connectivity index (χ0n) is 14.9. The number of nitrogens with one attached hydrogen (secondary N) is 2. The Morgan fingerprint density at radius 3 is 2.70 bits per heavy atom. The first-order valence-electron chi connectivity index (χ1n) is 8.37. The number of carbonyl (C=O) groups is 2. The van der Waals surface area contributed by atoms with Gasteiger partial charge in [0.2, 0.25) is 5.91 Å². The van der Waals surface area contributed by atoms with Gasteiger partial charge >= 0.3 is 0 Å². The van der Waals surface area contributed by atoms with Crippen LogP contribution in [0, 0.1) is 6.92 Å². The van der Waals surface area contributed by atoms with Gasteiger partial charge < -0.3 is 20.3 Å². The summed E-state index contributed by atoms with van der Waals surface area (Å²) in [6.07, 6.45) is -0.705. The molecule has 1 aliphatic heterocycles.